The normalized spacial score (nSPS) is 18.3. The van der Waals surface area contributed by atoms with Crippen molar-refractivity contribution >= 4 is 0 Å². The van der Waals surface area contributed by atoms with Crippen LogP contribution in [0, 0.1) is 11.7 Å². The fourth-order valence-corrected chi connectivity index (χ4v) is 2.87. The van der Waals surface area contributed by atoms with Crippen LogP contribution in [0.4, 0.5) is 4.39 Å². The molecule has 0 bridgehead atoms. The minimum atomic E-state index is -0.192. The van der Waals surface area contributed by atoms with E-state index in [1.165, 1.54) is 38.2 Å². The molecule has 19 heavy (non-hydrogen) atoms. The summed E-state index contributed by atoms with van der Waals surface area (Å²) in [4.78, 5) is 0. The topological polar surface area (TPSA) is 21.3 Å². The van der Waals surface area contributed by atoms with Crippen molar-refractivity contribution in [2.75, 3.05) is 7.11 Å². The van der Waals surface area contributed by atoms with Gasteiger partial charge < -0.3 is 10.1 Å². The van der Waals surface area contributed by atoms with Gasteiger partial charge in [-0.3, -0.25) is 0 Å². The van der Waals surface area contributed by atoms with Crippen LogP contribution in [0.1, 0.15) is 44.6 Å². The number of benzene rings is 1. The quantitative estimate of drug-likeness (QED) is 0.872. The molecule has 1 aliphatic carbocycles. The monoisotopic (exact) mass is 265 g/mol. The van der Waals surface area contributed by atoms with Crippen LogP contribution in [-0.4, -0.2) is 13.2 Å². The van der Waals surface area contributed by atoms with Gasteiger partial charge in [-0.1, -0.05) is 25.3 Å². The zero-order valence-corrected chi connectivity index (χ0v) is 11.9. The van der Waals surface area contributed by atoms with E-state index in [2.05, 4.69) is 12.2 Å². The van der Waals surface area contributed by atoms with E-state index in [1.807, 2.05) is 6.07 Å². The number of ether oxygens (including phenoxy) is 1. The second-order valence-corrected chi connectivity index (χ2v) is 5.53. The standard InChI is InChI=1S/C16H24FNO/c1-12(13-6-4-3-5-7-13)18-11-14-8-9-15(19-2)10-16(14)17/h8-10,12-13,18H,3-7,11H2,1-2H3/t12-/m1/s1. The summed E-state index contributed by atoms with van der Waals surface area (Å²) >= 11 is 0. The maximum Gasteiger partial charge on any atom is 0.131 e. The molecule has 3 heteroatoms. The maximum absolute atomic E-state index is 13.8. The number of hydrogen-bond acceptors (Lipinski definition) is 2. The molecule has 1 saturated carbocycles. The van der Waals surface area contributed by atoms with Crippen molar-refractivity contribution in [1.82, 2.24) is 5.32 Å². The molecule has 1 aromatic carbocycles. The average Bonchev–Trinajstić information content (AvgIpc) is 2.46. The van der Waals surface area contributed by atoms with Gasteiger partial charge in [0.25, 0.3) is 0 Å². The van der Waals surface area contributed by atoms with Gasteiger partial charge in [-0.05, 0) is 31.7 Å². The average molecular weight is 265 g/mol. The zero-order valence-electron chi connectivity index (χ0n) is 11.9. The summed E-state index contributed by atoms with van der Waals surface area (Å²) < 4.78 is 18.8. The van der Waals surface area contributed by atoms with Crippen LogP contribution in [0.3, 0.4) is 0 Å². The first-order chi connectivity index (χ1) is 9.20. The van der Waals surface area contributed by atoms with Gasteiger partial charge in [-0.25, -0.2) is 4.39 Å². The van der Waals surface area contributed by atoms with E-state index >= 15 is 0 Å². The van der Waals surface area contributed by atoms with Crippen LogP contribution in [0.2, 0.25) is 0 Å². The Morgan fingerprint density at radius 2 is 2.05 bits per heavy atom. The predicted molar refractivity (Wildman–Crippen MR) is 75.8 cm³/mol. The highest BCUT2D eigenvalue weighted by Crippen LogP contribution is 2.26. The second-order valence-electron chi connectivity index (χ2n) is 5.53. The Labute approximate surface area is 115 Å². The van der Waals surface area contributed by atoms with Gasteiger partial charge in [0.2, 0.25) is 0 Å². The minimum absolute atomic E-state index is 0.192. The fraction of sp³-hybridized carbons (Fsp3) is 0.625. The first-order valence-corrected chi connectivity index (χ1v) is 7.26. The van der Waals surface area contributed by atoms with Crippen LogP contribution in [-0.2, 0) is 6.54 Å². The molecule has 1 aliphatic rings. The molecule has 106 valence electrons. The van der Waals surface area contributed by atoms with E-state index in [1.54, 1.807) is 13.2 Å². The van der Waals surface area contributed by atoms with Crippen molar-refractivity contribution in [3.05, 3.63) is 29.6 Å². The zero-order chi connectivity index (χ0) is 13.7. The Morgan fingerprint density at radius 1 is 1.32 bits per heavy atom. The SMILES string of the molecule is COc1ccc(CN[C@H](C)C2CCCCC2)c(F)c1. The lowest BCUT2D eigenvalue weighted by atomic mass is 9.84. The van der Waals surface area contributed by atoms with Crippen molar-refractivity contribution in [3.63, 3.8) is 0 Å². The van der Waals surface area contributed by atoms with Crippen molar-refractivity contribution in [2.24, 2.45) is 5.92 Å². The predicted octanol–water partition coefficient (Wildman–Crippen LogP) is 3.89. The first-order valence-electron chi connectivity index (χ1n) is 7.26. The molecule has 0 amide bonds. The molecular weight excluding hydrogens is 241 g/mol. The molecule has 0 radical (unpaired) electrons. The Morgan fingerprint density at radius 3 is 2.68 bits per heavy atom. The molecule has 0 unspecified atom stereocenters. The van der Waals surface area contributed by atoms with Crippen molar-refractivity contribution < 1.29 is 9.13 Å². The fourth-order valence-electron chi connectivity index (χ4n) is 2.87. The van der Waals surface area contributed by atoms with Gasteiger partial charge in [0.15, 0.2) is 0 Å². The summed E-state index contributed by atoms with van der Waals surface area (Å²) in [5, 5.41) is 3.47. The van der Waals surface area contributed by atoms with Crippen LogP contribution in [0.5, 0.6) is 5.75 Å². The van der Waals surface area contributed by atoms with E-state index < -0.39 is 0 Å². The number of methoxy groups -OCH3 is 1. The Balaban J connectivity index is 1.87. The molecule has 1 aromatic rings. The smallest absolute Gasteiger partial charge is 0.131 e. The largest absolute Gasteiger partial charge is 0.497 e. The number of halogens is 1. The molecule has 0 spiro atoms. The third-order valence-corrected chi connectivity index (χ3v) is 4.23. The lowest BCUT2D eigenvalue weighted by molar-refractivity contribution is 0.280. The summed E-state index contributed by atoms with van der Waals surface area (Å²) in [6, 6.07) is 5.52. The van der Waals surface area contributed by atoms with Crippen LogP contribution in [0.15, 0.2) is 18.2 Å². The van der Waals surface area contributed by atoms with Crippen molar-refractivity contribution in [2.45, 2.75) is 51.6 Å². The van der Waals surface area contributed by atoms with Crippen LogP contribution < -0.4 is 10.1 Å². The van der Waals surface area contributed by atoms with Crippen LogP contribution in [0.25, 0.3) is 0 Å². The molecular formula is C16H24FNO. The second kappa shape index (κ2) is 6.90. The maximum atomic E-state index is 13.8. The molecule has 2 rings (SSSR count). The molecule has 1 fully saturated rings. The molecule has 0 aromatic heterocycles. The number of hydrogen-bond donors (Lipinski definition) is 1. The molecule has 0 saturated heterocycles. The van der Waals surface area contributed by atoms with E-state index in [0.717, 1.165) is 5.92 Å². The Bertz CT molecular complexity index is 402. The van der Waals surface area contributed by atoms with Gasteiger partial charge in [0.1, 0.15) is 11.6 Å². The molecule has 2 nitrogen and oxygen atoms in total. The molecule has 0 aliphatic heterocycles. The van der Waals surface area contributed by atoms with Gasteiger partial charge >= 0.3 is 0 Å². The Hall–Kier alpha value is -1.09. The number of nitrogens with one attached hydrogen (secondary N) is 1. The van der Waals surface area contributed by atoms with E-state index in [0.29, 0.717) is 23.9 Å². The van der Waals surface area contributed by atoms with E-state index in [9.17, 15) is 4.39 Å². The highest BCUT2D eigenvalue weighted by Gasteiger charge is 2.19. The summed E-state index contributed by atoms with van der Waals surface area (Å²) in [5.74, 6) is 1.12. The van der Waals surface area contributed by atoms with Gasteiger partial charge in [0, 0.05) is 24.2 Å². The molecule has 1 N–H and O–H groups in total. The highest BCUT2D eigenvalue weighted by molar-refractivity contribution is 5.28. The number of rotatable bonds is 5. The lowest BCUT2D eigenvalue weighted by Crippen LogP contribution is -2.34. The van der Waals surface area contributed by atoms with Gasteiger partial charge in [-0.15, -0.1) is 0 Å². The van der Waals surface area contributed by atoms with Gasteiger partial charge in [-0.2, -0.15) is 0 Å². The summed E-state index contributed by atoms with van der Waals surface area (Å²) in [6.07, 6.45) is 6.66. The lowest BCUT2D eigenvalue weighted by Gasteiger charge is -2.28. The molecule has 1 atom stereocenters. The summed E-state index contributed by atoms with van der Waals surface area (Å²) in [6.45, 7) is 2.81. The molecule has 0 heterocycles. The van der Waals surface area contributed by atoms with Crippen molar-refractivity contribution in [3.8, 4) is 5.75 Å². The van der Waals surface area contributed by atoms with E-state index in [4.69, 9.17) is 4.74 Å². The highest BCUT2D eigenvalue weighted by atomic mass is 19.1. The van der Waals surface area contributed by atoms with Gasteiger partial charge in [0.05, 0.1) is 7.11 Å². The van der Waals surface area contributed by atoms with Crippen molar-refractivity contribution in [1.29, 1.82) is 0 Å². The minimum Gasteiger partial charge on any atom is -0.497 e. The third-order valence-electron chi connectivity index (χ3n) is 4.23. The summed E-state index contributed by atoms with van der Waals surface area (Å²) in [5.41, 5.74) is 0.712. The summed E-state index contributed by atoms with van der Waals surface area (Å²) in [7, 11) is 1.55. The van der Waals surface area contributed by atoms with Crippen LogP contribution >= 0.6 is 0 Å². The van der Waals surface area contributed by atoms with E-state index in [-0.39, 0.29) is 5.82 Å². The first kappa shape index (κ1) is 14.3. The third kappa shape index (κ3) is 3.93. The Kier molecular flexibility index (Phi) is 5.20.